The fourth-order valence-corrected chi connectivity index (χ4v) is 8.22. The highest BCUT2D eigenvalue weighted by Crippen LogP contribution is 2.26. The van der Waals surface area contributed by atoms with E-state index in [1.807, 2.05) is 0 Å². The first-order chi connectivity index (χ1) is 34.5. The molecule has 432 valence electrons. The molecular weight excluding hydrogens is 1040 g/mol. The van der Waals surface area contributed by atoms with Gasteiger partial charge in [-0.1, -0.05) is 157 Å². The maximum absolute atomic E-state index is 14.1. The van der Waals surface area contributed by atoms with Crippen LogP contribution in [0.3, 0.4) is 0 Å². The highest BCUT2D eigenvalue weighted by Gasteiger charge is 2.35. The van der Waals surface area contributed by atoms with Crippen LogP contribution in [0.4, 0.5) is 4.79 Å². The van der Waals surface area contributed by atoms with E-state index in [-0.39, 0.29) is 24.9 Å². The third-order valence-corrected chi connectivity index (χ3v) is 12.5. The van der Waals surface area contributed by atoms with Crippen molar-refractivity contribution in [1.29, 1.82) is 0 Å². The van der Waals surface area contributed by atoms with Crippen LogP contribution in [-0.4, -0.2) is 124 Å². The summed E-state index contributed by atoms with van der Waals surface area (Å²) in [6, 6.07) is -5.74. The third-order valence-electron chi connectivity index (χ3n) is 11.0. The topological polar surface area (TPSA) is 240 Å². The Labute approximate surface area is 463 Å². The molecule has 5 amide bonds. The molecule has 0 bridgehead atoms. The first-order valence-corrected chi connectivity index (χ1v) is 29.2. The zero-order chi connectivity index (χ0) is 56.2. The van der Waals surface area contributed by atoms with Gasteiger partial charge >= 0.3 is 18.0 Å². The Morgan fingerprint density at radius 1 is 0.514 bits per heavy atom. The van der Waals surface area contributed by atoms with E-state index in [0.29, 0.717) is 18.6 Å². The molecule has 4 atom stereocenters. The number of carbonyl (C=O) groups excluding carboxylic acids is 7. The average molecular weight is 1130 g/mol. The van der Waals surface area contributed by atoms with Gasteiger partial charge in [0.1, 0.15) is 36.4 Å². The van der Waals surface area contributed by atoms with Gasteiger partial charge in [-0.3, -0.25) is 24.0 Å². The van der Waals surface area contributed by atoms with Crippen molar-refractivity contribution in [2.45, 2.75) is 255 Å². The second kappa shape index (κ2) is 39.6. The number of nitrogens with two attached hydrogens (primary N) is 1. The summed E-state index contributed by atoms with van der Waals surface area (Å²) in [5.74, 6) is -4.32. The van der Waals surface area contributed by atoms with Crippen LogP contribution >= 0.6 is 46.6 Å². The molecule has 0 aliphatic heterocycles. The van der Waals surface area contributed by atoms with Crippen molar-refractivity contribution in [3.8, 4) is 0 Å². The van der Waals surface area contributed by atoms with E-state index in [0.717, 1.165) is 19.3 Å². The SMILES string of the molecule is CCCCCCCCCCCCCCCCCCCCCC(=O)OCCCSC[C@H](NC(=O)OCC(Cl)(Cl)Cl)C(=O)N[C@@H](COC(C)(C)C)C(=O)N[C@@H](COC(C)(C)C)C(=O)N[C@@H](CC(N)=O)C(=O)OC(C)(C)C. The highest BCUT2D eigenvalue weighted by molar-refractivity contribution is 7.99. The van der Waals surface area contributed by atoms with Crippen molar-refractivity contribution in [1.82, 2.24) is 21.3 Å². The molecule has 0 aromatic rings. The number of halogens is 3. The fourth-order valence-electron chi connectivity index (χ4n) is 7.10. The lowest BCUT2D eigenvalue weighted by atomic mass is 10.0. The minimum Gasteiger partial charge on any atom is -0.466 e. The number of ether oxygens (including phenoxy) is 5. The number of alkyl halides is 3. The number of nitrogens with one attached hydrogen (secondary N) is 4. The molecule has 21 heteroatoms. The number of thioether (sulfide) groups is 1. The largest absolute Gasteiger partial charge is 0.466 e. The zero-order valence-corrected chi connectivity index (χ0v) is 49.7. The van der Waals surface area contributed by atoms with E-state index in [1.165, 1.54) is 114 Å². The maximum Gasteiger partial charge on any atom is 0.407 e. The molecule has 0 aliphatic carbocycles. The van der Waals surface area contributed by atoms with Gasteiger partial charge in [0, 0.05) is 12.2 Å². The summed E-state index contributed by atoms with van der Waals surface area (Å²) in [6.45, 7) is 16.2. The Balaban J connectivity index is 5.40. The van der Waals surface area contributed by atoms with E-state index >= 15 is 0 Å². The van der Waals surface area contributed by atoms with Gasteiger partial charge in [0.05, 0.1) is 37.4 Å². The van der Waals surface area contributed by atoms with Crippen LogP contribution in [0.15, 0.2) is 0 Å². The second-order valence-electron chi connectivity index (χ2n) is 21.9. The smallest absolute Gasteiger partial charge is 0.407 e. The summed E-state index contributed by atoms with van der Waals surface area (Å²) in [4.78, 5) is 92.0. The lowest BCUT2D eigenvalue weighted by Crippen LogP contribution is -2.61. The van der Waals surface area contributed by atoms with E-state index in [4.69, 9.17) is 64.2 Å². The highest BCUT2D eigenvalue weighted by atomic mass is 35.6. The normalized spacial score (nSPS) is 13.7. The zero-order valence-electron chi connectivity index (χ0n) is 46.6. The van der Waals surface area contributed by atoms with Crippen LogP contribution in [0.25, 0.3) is 0 Å². The van der Waals surface area contributed by atoms with Gasteiger partial charge in [-0.2, -0.15) is 11.8 Å². The first kappa shape index (κ1) is 71.2. The number of rotatable bonds is 41. The average Bonchev–Trinajstić information content (AvgIpc) is 3.27. The Morgan fingerprint density at radius 3 is 1.31 bits per heavy atom. The number of hydrogen-bond acceptors (Lipinski definition) is 13. The van der Waals surface area contributed by atoms with Crippen molar-refractivity contribution in [2.75, 3.05) is 37.9 Å². The predicted octanol–water partition coefficient (Wildman–Crippen LogP) is 10.2. The van der Waals surface area contributed by atoms with Crippen LogP contribution in [0.2, 0.25) is 0 Å². The number of carbonyl (C=O) groups is 7. The second-order valence-corrected chi connectivity index (χ2v) is 25.6. The van der Waals surface area contributed by atoms with Gasteiger partial charge in [0.25, 0.3) is 0 Å². The number of esters is 2. The molecule has 17 nitrogen and oxygen atoms in total. The molecule has 74 heavy (non-hydrogen) atoms. The number of amides is 5. The third kappa shape index (κ3) is 43.3. The Kier molecular flexibility index (Phi) is 38.1. The van der Waals surface area contributed by atoms with Crippen LogP contribution in [0.1, 0.15) is 210 Å². The van der Waals surface area contributed by atoms with Gasteiger partial charge < -0.3 is 50.7 Å². The van der Waals surface area contributed by atoms with E-state index in [9.17, 15) is 33.6 Å². The number of hydrogen-bond donors (Lipinski definition) is 5. The monoisotopic (exact) mass is 1130 g/mol. The van der Waals surface area contributed by atoms with Gasteiger partial charge in [-0.25, -0.2) is 9.59 Å². The van der Waals surface area contributed by atoms with E-state index in [1.54, 1.807) is 62.3 Å². The number of alkyl carbamates (subject to hydrolysis) is 1. The Hall–Kier alpha value is -2.77. The quantitative estimate of drug-likeness (QED) is 0.0166. The minimum atomic E-state index is -1.94. The lowest BCUT2D eigenvalue weighted by Gasteiger charge is -2.30. The van der Waals surface area contributed by atoms with Gasteiger partial charge in [-0.15, -0.1) is 0 Å². The van der Waals surface area contributed by atoms with Gasteiger partial charge in [-0.05, 0) is 80.9 Å². The van der Waals surface area contributed by atoms with Crippen molar-refractivity contribution < 1.29 is 57.2 Å². The molecule has 0 radical (unpaired) electrons. The molecule has 0 aliphatic rings. The van der Waals surface area contributed by atoms with Gasteiger partial charge in [0.15, 0.2) is 0 Å². The maximum atomic E-state index is 14.1. The van der Waals surface area contributed by atoms with Crippen molar-refractivity contribution >= 4 is 88.2 Å². The summed E-state index contributed by atoms with van der Waals surface area (Å²) in [6.07, 6.45) is 23.4. The van der Waals surface area contributed by atoms with Crippen molar-refractivity contribution in [2.24, 2.45) is 5.73 Å². The van der Waals surface area contributed by atoms with Crippen molar-refractivity contribution in [3.63, 3.8) is 0 Å². The number of unbranched alkanes of at least 4 members (excludes halogenated alkanes) is 18. The predicted molar refractivity (Wildman–Crippen MR) is 296 cm³/mol. The molecule has 0 heterocycles. The van der Waals surface area contributed by atoms with Gasteiger partial charge in [0.2, 0.25) is 27.4 Å². The van der Waals surface area contributed by atoms with Crippen LogP contribution < -0.4 is 27.0 Å². The lowest BCUT2D eigenvalue weighted by molar-refractivity contribution is -0.160. The fraction of sp³-hybridized carbons (Fsp3) is 0.868. The first-order valence-electron chi connectivity index (χ1n) is 27.0. The van der Waals surface area contributed by atoms with Crippen molar-refractivity contribution in [3.05, 3.63) is 0 Å². The molecular formula is C53H96Cl3N5O12S. The molecule has 0 saturated heterocycles. The van der Waals surface area contributed by atoms with E-state index in [2.05, 4.69) is 28.2 Å². The standard InChI is InChI=1S/C53H96Cl3N5O12S/c1-11-12-13-14-15-16-17-18-19-20-21-22-23-24-25-26-27-28-29-31-44(63)69-32-30-33-74-37-42(61-49(68)70-38-53(54,55)56)47(66)60-41(36-72-51(5,6)7)46(65)59-40(35-71-50(2,3)4)45(64)58-39(34-43(57)62)48(67)73-52(8,9)10/h39-42H,11-38H2,1-10H3,(H2,57,62)(H,58,64)(H,59,65)(H,60,66)(H,61,68)/t39-,40-,41-,42-/m0/s1. The molecule has 6 N–H and O–H groups in total. The molecule has 0 aromatic carbocycles. The Morgan fingerprint density at radius 2 is 0.919 bits per heavy atom. The molecule has 0 unspecified atom stereocenters. The summed E-state index contributed by atoms with van der Waals surface area (Å²) >= 11 is 18.6. The summed E-state index contributed by atoms with van der Waals surface area (Å²) in [7, 11) is 0. The minimum absolute atomic E-state index is 0.0210. The van der Waals surface area contributed by atoms with Crippen LogP contribution in [0.5, 0.6) is 0 Å². The van der Waals surface area contributed by atoms with Crippen LogP contribution in [0, 0.1) is 0 Å². The number of primary amides is 1. The summed E-state index contributed by atoms with van der Waals surface area (Å²) < 4.78 is 25.7. The van der Waals surface area contributed by atoms with E-state index < -0.39 is 100 Å². The molecule has 0 saturated carbocycles. The summed E-state index contributed by atoms with van der Waals surface area (Å²) in [5, 5.41) is 10.1. The molecule has 0 aromatic heterocycles. The molecule has 0 fully saturated rings. The van der Waals surface area contributed by atoms with Crippen LogP contribution in [-0.2, 0) is 52.5 Å². The molecule has 0 spiro atoms. The molecule has 0 rings (SSSR count). The summed E-state index contributed by atoms with van der Waals surface area (Å²) in [5.41, 5.74) is 2.83. The Bertz CT molecular complexity index is 1620.